The molecule has 1 fully saturated rings. The van der Waals surface area contributed by atoms with Gasteiger partial charge in [-0.2, -0.15) is 0 Å². The second-order valence-electron chi connectivity index (χ2n) is 4.05. The van der Waals surface area contributed by atoms with Gasteiger partial charge in [0.05, 0.1) is 11.2 Å². The fourth-order valence-corrected chi connectivity index (χ4v) is 2.87. The van der Waals surface area contributed by atoms with Gasteiger partial charge >= 0.3 is 0 Å². The first-order valence-corrected chi connectivity index (χ1v) is 6.36. The van der Waals surface area contributed by atoms with Crippen LogP contribution in [0, 0.1) is 6.92 Å². The van der Waals surface area contributed by atoms with Crippen LogP contribution in [0.15, 0.2) is 5.51 Å². The van der Waals surface area contributed by atoms with E-state index in [2.05, 4.69) is 17.2 Å². The van der Waals surface area contributed by atoms with Crippen LogP contribution in [0.4, 0.5) is 0 Å². The lowest BCUT2D eigenvalue weighted by molar-refractivity contribution is 0.528. The summed E-state index contributed by atoms with van der Waals surface area (Å²) in [7, 11) is 0. The van der Waals surface area contributed by atoms with Gasteiger partial charge in [-0.05, 0) is 26.2 Å². The summed E-state index contributed by atoms with van der Waals surface area (Å²) >= 11 is 1.78. The average Bonchev–Trinajstić information content (AvgIpc) is 2.78. The first kappa shape index (κ1) is 10.1. The van der Waals surface area contributed by atoms with E-state index in [0.29, 0.717) is 0 Å². The van der Waals surface area contributed by atoms with Crippen LogP contribution < -0.4 is 5.32 Å². The van der Waals surface area contributed by atoms with Crippen molar-refractivity contribution in [1.82, 2.24) is 10.3 Å². The molecule has 14 heavy (non-hydrogen) atoms. The largest absolute Gasteiger partial charge is 0.314 e. The summed E-state index contributed by atoms with van der Waals surface area (Å²) in [6.45, 7) is 3.22. The van der Waals surface area contributed by atoms with Gasteiger partial charge in [0.25, 0.3) is 0 Å². The van der Waals surface area contributed by atoms with Gasteiger partial charge in [-0.3, -0.25) is 0 Å². The number of nitrogens with one attached hydrogen (secondary N) is 1. The summed E-state index contributed by atoms with van der Waals surface area (Å²) in [6, 6.07) is 0.795. The van der Waals surface area contributed by atoms with Crippen molar-refractivity contribution in [2.75, 3.05) is 6.54 Å². The smallest absolute Gasteiger partial charge is 0.0797 e. The second kappa shape index (κ2) is 4.89. The van der Waals surface area contributed by atoms with Gasteiger partial charge in [-0.1, -0.05) is 12.8 Å². The summed E-state index contributed by atoms with van der Waals surface area (Å²) in [6.07, 6.45) is 6.73. The maximum atomic E-state index is 4.26. The highest BCUT2D eigenvalue weighted by atomic mass is 32.1. The number of thiazole rings is 1. The molecule has 3 heteroatoms. The van der Waals surface area contributed by atoms with E-state index in [0.717, 1.165) is 19.0 Å². The van der Waals surface area contributed by atoms with Crippen molar-refractivity contribution in [1.29, 1.82) is 0 Å². The molecule has 0 aliphatic heterocycles. The molecule has 0 amide bonds. The predicted octanol–water partition coefficient (Wildman–Crippen LogP) is 2.53. The first-order valence-electron chi connectivity index (χ1n) is 5.48. The van der Waals surface area contributed by atoms with E-state index >= 15 is 0 Å². The van der Waals surface area contributed by atoms with Crippen molar-refractivity contribution in [2.24, 2.45) is 0 Å². The van der Waals surface area contributed by atoms with Gasteiger partial charge in [-0.15, -0.1) is 11.3 Å². The lowest BCUT2D eigenvalue weighted by Gasteiger charge is -2.10. The molecular weight excluding hydrogens is 192 g/mol. The minimum atomic E-state index is 0.795. The summed E-state index contributed by atoms with van der Waals surface area (Å²) in [5.41, 5.74) is 3.16. The lowest BCUT2D eigenvalue weighted by Crippen LogP contribution is -2.27. The van der Waals surface area contributed by atoms with Crippen molar-refractivity contribution < 1.29 is 0 Å². The zero-order chi connectivity index (χ0) is 9.80. The van der Waals surface area contributed by atoms with E-state index < -0.39 is 0 Å². The zero-order valence-corrected chi connectivity index (χ0v) is 9.57. The van der Waals surface area contributed by atoms with Gasteiger partial charge in [0.2, 0.25) is 0 Å². The average molecular weight is 210 g/mol. The normalized spacial score (nSPS) is 17.8. The molecule has 0 spiro atoms. The standard InChI is InChI=1S/C11H18N2S/c1-9-11(14-8-13-9)6-7-12-10-4-2-3-5-10/h8,10,12H,2-7H2,1H3. The third-order valence-corrected chi connectivity index (χ3v) is 3.98. The summed E-state index contributed by atoms with van der Waals surface area (Å²) in [4.78, 5) is 5.70. The molecule has 1 aromatic heterocycles. The Labute approximate surface area is 89.8 Å². The molecule has 1 heterocycles. The maximum Gasteiger partial charge on any atom is 0.0797 e. The number of hydrogen-bond acceptors (Lipinski definition) is 3. The van der Waals surface area contributed by atoms with E-state index in [4.69, 9.17) is 0 Å². The third kappa shape index (κ3) is 2.55. The van der Waals surface area contributed by atoms with Crippen LogP contribution in [0.3, 0.4) is 0 Å². The highest BCUT2D eigenvalue weighted by Gasteiger charge is 2.13. The minimum absolute atomic E-state index is 0.795. The highest BCUT2D eigenvalue weighted by molar-refractivity contribution is 7.09. The van der Waals surface area contributed by atoms with Crippen molar-refractivity contribution in [3.63, 3.8) is 0 Å². The zero-order valence-electron chi connectivity index (χ0n) is 8.75. The third-order valence-electron chi connectivity index (χ3n) is 2.99. The maximum absolute atomic E-state index is 4.26. The Bertz CT molecular complexity index is 277. The van der Waals surface area contributed by atoms with Crippen molar-refractivity contribution in [3.8, 4) is 0 Å². The molecule has 0 bridgehead atoms. The van der Waals surface area contributed by atoms with Crippen molar-refractivity contribution in [2.45, 2.75) is 45.1 Å². The van der Waals surface area contributed by atoms with E-state index in [1.807, 2.05) is 5.51 Å². The van der Waals surface area contributed by atoms with E-state index in [-0.39, 0.29) is 0 Å². The molecule has 2 rings (SSSR count). The van der Waals surface area contributed by atoms with Gasteiger partial charge in [0.15, 0.2) is 0 Å². The van der Waals surface area contributed by atoms with Crippen LogP contribution in [-0.2, 0) is 6.42 Å². The molecular formula is C11H18N2S. The molecule has 1 aliphatic carbocycles. The lowest BCUT2D eigenvalue weighted by atomic mass is 10.2. The van der Waals surface area contributed by atoms with Gasteiger partial charge in [-0.25, -0.2) is 4.98 Å². The molecule has 78 valence electrons. The fourth-order valence-electron chi connectivity index (χ4n) is 2.09. The van der Waals surface area contributed by atoms with Gasteiger partial charge < -0.3 is 5.32 Å². The molecule has 0 unspecified atom stereocenters. The fraction of sp³-hybridized carbons (Fsp3) is 0.727. The quantitative estimate of drug-likeness (QED) is 0.826. The Kier molecular flexibility index (Phi) is 3.54. The first-order chi connectivity index (χ1) is 6.86. The molecule has 0 saturated heterocycles. The van der Waals surface area contributed by atoms with E-state index in [1.54, 1.807) is 11.3 Å². The Morgan fingerprint density at radius 1 is 1.50 bits per heavy atom. The van der Waals surface area contributed by atoms with E-state index in [1.165, 1.54) is 36.3 Å². The molecule has 1 saturated carbocycles. The van der Waals surface area contributed by atoms with Gasteiger partial charge in [0.1, 0.15) is 0 Å². The molecule has 1 N–H and O–H groups in total. The Hall–Kier alpha value is -0.410. The SMILES string of the molecule is Cc1ncsc1CCNC1CCCC1. The minimum Gasteiger partial charge on any atom is -0.314 e. The molecule has 1 aliphatic rings. The summed E-state index contributed by atoms with van der Waals surface area (Å²) < 4.78 is 0. The Morgan fingerprint density at radius 3 is 2.93 bits per heavy atom. The van der Waals surface area contributed by atoms with Crippen LogP contribution >= 0.6 is 11.3 Å². The predicted molar refractivity (Wildman–Crippen MR) is 60.8 cm³/mol. The topological polar surface area (TPSA) is 24.9 Å². The molecule has 0 atom stereocenters. The van der Waals surface area contributed by atoms with Crippen LogP contribution in [0.25, 0.3) is 0 Å². The summed E-state index contributed by atoms with van der Waals surface area (Å²) in [5.74, 6) is 0. The van der Waals surface area contributed by atoms with Crippen LogP contribution in [0.1, 0.15) is 36.3 Å². The number of aryl methyl sites for hydroxylation is 1. The Morgan fingerprint density at radius 2 is 2.29 bits per heavy atom. The number of rotatable bonds is 4. The molecule has 0 radical (unpaired) electrons. The van der Waals surface area contributed by atoms with Crippen LogP contribution in [-0.4, -0.2) is 17.6 Å². The van der Waals surface area contributed by atoms with Crippen molar-refractivity contribution >= 4 is 11.3 Å². The highest BCUT2D eigenvalue weighted by Crippen LogP contribution is 2.18. The monoisotopic (exact) mass is 210 g/mol. The van der Waals surface area contributed by atoms with E-state index in [9.17, 15) is 0 Å². The van der Waals surface area contributed by atoms with Crippen LogP contribution in [0.5, 0.6) is 0 Å². The molecule has 0 aromatic carbocycles. The summed E-state index contributed by atoms with van der Waals surface area (Å²) in [5, 5.41) is 3.63. The molecule has 2 nitrogen and oxygen atoms in total. The number of nitrogens with zero attached hydrogens (tertiary/aromatic N) is 1. The number of aromatic nitrogens is 1. The second-order valence-corrected chi connectivity index (χ2v) is 4.99. The van der Waals surface area contributed by atoms with Crippen LogP contribution in [0.2, 0.25) is 0 Å². The Balaban J connectivity index is 1.70. The van der Waals surface area contributed by atoms with Crippen molar-refractivity contribution in [3.05, 3.63) is 16.1 Å². The molecule has 1 aromatic rings. The van der Waals surface area contributed by atoms with Gasteiger partial charge in [0, 0.05) is 17.5 Å². The number of hydrogen-bond donors (Lipinski definition) is 1.